The number of halogens is 1. The van der Waals surface area contributed by atoms with Crippen molar-refractivity contribution in [1.82, 2.24) is 9.47 Å². The number of amides is 1. The van der Waals surface area contributed by atoms with E-state index in [4.69, 9.17) is 21.1 Å². The first-order chi connectivity index (χ1) is 12.6. The monoisotopic (exact) mass is 372 g/mol. The van der Waals surface area contributed by atoms with Crippen molar-refractivity contribution in [2.75, 3.05) is 27.3 Å². The molecular weight excluding hydrogens is 352 g/mol. The maximum absolute atomic E-state index is 12.5. The maximum atomic E-state index is 12.5. The predicted octanol–water partition coefficient (Wildman–Crippen LogP) is 3.84. The quantitative estimate of drug-likeness (QED) is 0.633. The van der Waals surface area contributed by atoms with E-state index in [0.717, 1.165) is 10.9 Å². The highest BCUT2D eigenvalue weighted by Crippen LogP contribution is 2.25. The van der Waals surface area contributed by atoms with Gasteiger partial charge >= 0.3 is 0 Å². The summed E-state index contributed by atoms with van der Waals surface area (Å²) in [7, 11) is 3.37. The van der Waals surface area contributed by atoms with Gasteiger partial charge in [-0.3, -0.25) is 4.79 Å². The Morgan fingerprint density at radius 1 is 1.15 bits per heavy atom. The largest absolute Gasteiger partial charge is 0.493 e. The number of aromatic nitrogens is 1. The van der Waals surface area contributed by atoms with Gasteiger partial charge in [0, 0.05) is 23.8 Å². The van der Waals surface area contributed by atoms with Crippen LogP contribution in [0.25, 0.3) is 10.9 Å². The second-order valence-electron chi connectivity index (χ2n) is 5.96. The standard InChI is InChI=1S/C20H21ClN2O3/c1-22(11-12-26-19-6-4-3-5-18(19)25-2)20(24)14-23-10-9-15-7-8-16(21)13-17(15)23/h3-10,13H,11-12,14H2,1-2H3. The van der Waals surface area contributed by atoms with Gasteiger partial charge in [0.25, 0.3) is 0 Å². The van der Waals surface area contributed by atoms with Crippen molar-refractivity contribution in [3.63, 3.8) is 0 Å². The van der Waals surface area contributed by atoms with Crippen molar-refractivity contribution in [3.05, 3.63) is 59.8 Å². The lowest BCUT2D eigenvalue weighted by Crippen LogP contribution is -2.33. The van der Waals surface area contributed by atoms with Crippen LogP contribution in [-0.2, 0) is 11.3 Å². The number of fused-ring (bicyclic) bond motifs is 1. The van der Waals surface area contributed by atoms with E-state index in [1.807, 2.05) is 59.3 Å². The summed E-state index contributed by atoms with van der Waals surface area (Å²) in [5.74, 6) is 1.35. The van der Waals surface area contributed by atoms with Gasteiger partial charge in [-0.15, -0.1) is 0 Å². The van der Waals surface area contributed by atoms with Crippen molar-refractivity contribution < 1.29 is 14.3 Å². The zero-order valence-corrected chi connectivity index (χ0v) is 15.6. The molecule has 2 aromatic carbocycles. The number of hydrogen-bond acceptors (Lipinski definition) is 3. The number of nitrogens with zero attached hydrogens (tertiary/aromatic N) is 2. The second kappa shape index (κ2) is 8.15. The van der Waals surface area contributed by atoms with Gasteiger partial charge in [-0.05, 0) is 35.7 Å². The van der Waals surface area contributed by atoms with Crippen LogP contribution in [-0.4, -0.2) is 42.7 Å². The molecule has 3 rings (SSSR count). The van der Waals surface area contributed by atoms with Crippen LogP contribution in [0.2, 0.25) is 5.02 Å². The molecule has 0 aliphatic carbocycles. The Bertz CT molecular complexity index is 907. The van der Waals surface area contributed by atoms with Crippen molar-refractivity contribution in [1.29, 1.82) is 0 Å². The van der Waals surface area contributed by atoms with Gasteiger partial charge in [-0.2, -0.15) is 0 Å². The van der Waals surface area contributed by atoms with Crippen molar-refractivity contribution in [2.24, 2.45) is 0 Å². The number of methoxy groups -OCH3 is 1. The number of carbonyl (C=O) groups is 1. The number of ether oxygens (including phenoxy) is 2. The summed E-state index contributed by atoms with van der Waals surface area (Å²) < 4.78 is 12.9. The van der Waals surface area contributed by atoms with E-state index in [0.29, 0.717) is 29.7 Å². The zero-order valence-electron chi connectivity index (χ0n) is 14.8. The minimum atomic E-state index is 0.00565. The third kappa shape index (κ3) is 4.11. The van der Waals surface area contributed by atoms with Crippen molar-refractivity contribution in [2.45, 2.75) is 6.54 Å². The third-order valence-corrected chi connectivity index (χ3v) is 4.46. The Morgan fingerprint density at radius 3 is 2.69 bits per heavy atom. The van der Waals surface area contributed by atoms with E-state index in [2.05, 4.69) is 0 Å². The fourth-order valence-electron chi connectivity index (χ4n) is 2.72. The lowest BCUT2D eigenvalue weighted by atomic mass is 10.2. The van der Waals surface area contributed by atoms with Gasteiger partial charge in [0.15, 0.2) is 11.5 Å². The molecule has 0 N–H and O–H groups in total. The predicted molar refractivity (Wildman–Crippen MR) is 103 cm³/mol. The molecule has 0 aliphatic rings. The second-order valence-corrected chi connectivity index (χ2v) is 6.40. The number of carbonyl (C=O) groups excluding carboxylic acids is 1. The van der Waals surface area contributed by atoms with Crippen molar-refractivity contribution in [3.8, 4) is 11.5 Å². The molecule has 1 aromatic heterocycles. The average Bonchev–Trinajstić information content (AvgIpc) is 3.04. The van der Waals surface area contributed by atoms with E-state index < -0.39 is 0 Å². The van der Waals surface area contributed by atoms with E-state index in [-0.39, 0.29) is 12.5 Å². The Hall–Kier alpha value is -2.66. The van der Waals surface area contributed by atoms with Crippen LogP contribution < -0.4 is 9.47 Å². The molecular formula is C20H21ClN2O3. The molecule has 0 radical (unpaired) electrons. The number of likely N-dealkylation sites (N-methyl/N-ethyl adjacent to an activating group) is 1. The number of benzene rings is 2. The first-order valence-electron chi connectivity index (χ1n) is 8.32. The number of rotatable bonds is 7. The molecule has 1 heterocycles. The summed E-state index contributed by atoms with van der Waals surface area (Å²) in [4.78, 5) is 14.2. The van der Waals surface area contributed by atoms with Crippen LogP contribution in [0.3, 0.4) is 0 Å². The van der Waals surface area contributed by atoms with Crippen molar-refractivity contribution >= 4 is 28.4 Å². The molecule has 1 amide bonds. The minimum absolute atomic E-state index is 0.00565. The molecule has 0 bridgehead atoms. The van der Waals surface area contributed by atoms with E-state index >= 15 is 0 Å². The first-order valence-corrected chi connectivity index (χ1v) is 8.70. The molecule has 0 atom stereocenters. The molecule has 6 heteroatoms. The average molecular weight is 373 g/mol. The molecule has 3 aromatic rings. The molecule has 0 saturated carbocycles. The molecule has 0 saturated heterocycles. The van der Waals surface area contributed by atoms with Crippen LogP contribution >= 0.6 is 11.6 Å². The molecule has 0 aliphatic heterocycles. The van der Waals surface area contributed by atoms with Gasteiger partial charge < -0.3 is 18.9 Å². The first kappa shape index (κ1) is 18.1. The molecule has 26 heavy (non-hydrogen) atoms. The summed E-state index contributed by atoms with van der Waals surface area (Å²) >= 11 is 6.06. The molecule has 0 unspecified atom stereocenters. The highest BCUT2D eigenvalue weighted by molar-refractivity contribution is 6.31. The Kier molecular flexibility index (Phi) is 5.68. The molecule has 0 fully saturated rings. The van der Waals surface area contributed by atoms with Crippen LogP contribution in [0.15, 0.2) is 54.7 Å². The zero-order chi connectivity index (χ0) is 18.5. The SMILES string of the molecule is COc1ccccc1OCCN(C)C(=O)Cn1ccc2ccc(Cl)cc21. The Morgan fingerprint density at radius 2 is 1.92 bits per heavy atom. The van der Waals surface area contributed by atoms with Crippen LogP contribution in [0.5, 0.6) is 11.5 Å². The number of hydrogen-bond donors (Lipinski definition) is 0. The maximum Gasteiger partial charge on any atom is 0.242 e. The van der Waals surface area contributed by atoms with Gasteiger partial charge in [-0.25, -0.2) is 0 Å². The Labute approximate surface area is 157 Å². The van der Waals surface area contributed by atoms with Gasteiger partial charge in [0.2, 0.25) is 5.91 Å². The summed E-state index contributed by atoms with van der Waals surface area (Å²) in [6.45, 7) is 1.13. The lowest BCUT2D eigenvalue weighted by Gasteiger charge is -2.19. The fourth-order valence-corrected chi connectivity index (χ4v) is 2.88. The normalized spacial score (nSPS) is 10.7. The molecule has 0 spiro atoms. The van der Waals surface area contributed by atoms with E-state index in [1.54, 1.807) is 19.1 Å². The molecule has 5 nitrogen and oxygen atoms in total. The van der Waals surface area contributed by atoms with Crippen LogP contribution in [0, 0.1) is 0 Å². The fraction of sp³-hybridized carbons (Fsp3) is 0.250. The highest BCUT2D eigenvalue weighted by atomic mass is 35.5. The smallest absolute Gasteiger partial charge is 0.242 e. The van der Waals surface area contributed by atoms with Gasteiger partial charge in [-0.1, -0.05) is 29.8 Å². The van der Waals surface area contributed by atoms with E-state index in [9.17, 15) is 4.79 Å². The summed E-state index contributed by atoms with van der Waals surface area (Å²) in [5, 5.41) is 1.72. The summed E-state index contributed by atoms with van der Waals surface area (Å²) in [5.41, 5.74) is 0.949. The van der Waals surface area contributed by atoms with Crippen LogP contribution in [0.4, 0.5) is 0 Å². The topological polar surface area (TPSA) is 43.7 Å². The minimum Gasteiger partial charge on any atom is -0.493 e. The van der Waals surface area contributed by atoms with Gasteiger partial charge in [0.05, 0.1) is 13.7 Å². The summed E-state index contributed by atoms with van der Waals surface area (Å²) in [6.07, 6.45) is 1.90. The molecule has 136 valence electrons. The van der Waals surface area contributed by atoms with E-state index in [1.165, 1.54) is 0 Å². The lowest BCUT2D eigenvalue weighted by molar-refractivity contribution is -0.130. The van der Waals surface area contributed by atoms with Crippen LogP contribution in [0.1, 0.15) is 0 Å². The summed E-state index contributed by atoms with van der Waals surface area (Å²) in [6, 6.07) is 15.1. The van der Waals surface area contributed by atoms with Gasteiger partial charge in [0.1, 0.15) is 13.2 Å². The third-order valence-electron chi connectivity index (χ3n) is 4.22. The highest BCUT2D eigenvalue weighted by Gasteiger charge is 2.12. The Balaban J connectivity index is 1.57. The number of para-hydroxylation sites is 2.